The highest BCUT2D eigenvalue weighted by atomic mass is 16.4. The summed E-state index contributed by atoms with van der Waals surface area (Å²) >= 11 is 0. The van der Waals surface area contributed by atoms with E-state index in [0.29, 0.717) is 12.3 Å². The molecule has 0 fully saturated rings. The third-order valence-corrected chi connectivity index (χ3v) is 2.85. The molecule has 0 aliphatic heterocycles. The van der Waals surface area contributed by atoms with Crippen molar-refractivity contribution in [3.05, 3.63) is 23.2 Å². The van der Waals surface area contributed by atoms with Crippen molar-refractivity contribution in [2.45, 2.75) is 40.2 Å². The van der Waals surface area contributed by atoms with Crippen LogP contribution >= 0.6 is 0 Å². The van der Waals surface area contributed by atoms with Gasteiger partial charge in [0.15, 0.2) is 0 Å². The molecule has 0 saturated carbocycles. The average Bonchev–Trinajstić information content (AvgIpc) is 2.65. The Bertz CT molecular complexity index is 371. The summed E-state index contributed by atoms with van der Waals surface area (Å²) in [4.78, 5) is 13.1. The molecule has 1 rings (SSSR count). The molecule has 0 spiro atoms. The zero-order chi connectivity index (χ0) is 12.8. The summed E-state index contributed by atoms with van der Waals surface area (Å²) in [6.07, 6.45) is 2.31. The van der Waals surface area contributed by atoms with Gasteiger partial charge in [0.05, 0.1) is 6.54 Å². The predicted molar refractivity (Wildman–Crippen MR) is 66.3 cm³/mol. The van der Waals surface area contributed by atoms with Gasteiger partial charge in [-0.3, -0.25) is 4.90 Å². The quantitative estimate of drug-likeness (QED) is 0.795. The molecule has 4 nitrogen and oxygen atoms in total. The molecule has 0 saturated heterocycles. The molecule has 1 aromatic heterocycles. The van der Waals surface area contributed by atoms with Crippen LogP contribution in [-0.4, -0.2) is 29.1 Å². The number of carbonyl (C=O) groups is 1. The molecule has 4 heteroatoms. The number of carboxylic acid groups (broad SMARTS) is 1. The molecule has 0 aromatic carbocycles. The Balaban J connectivity index is 2.66. The van der Waals surface area contributed by atoms with E-state index in [2.05, 4.69) is 18.7 Å². The molecule has 17 heavy (non-hydrogen) atoms. The van der Waals surface area contributed by atoms with Crippen LogP contribution in [0.1, 0.15) is 48.6 Å². The zero-order valence-electron chi connectivity index (χ0n) is 10.8. The van der Waals surface area contributed by atoms with Crippen LogP contribution in [0.2, 0.25) is 0 Å². The van der Waals surface area contributed by atoms with Crippen LogP contribution in [0.3, 0.4) is 0 Å². The standard InChI is InChI=1S/C13H21NO3/c1-4-6-7-14(5-2)9-11-8-12(13(15)16)10(3)17-11/h8H,4-7,9H2,1-3H3,(H,15,16). The lowest BCUT2D eigenvalue weighted by molar-refractivity contribution is 0.0695. The highest BCUT2D eigenvalue weighted by molar-refractivity contribution is 5.88. The van der Waals surface area contributed by atoms with Crippen molar-refractivity contribution in [2.75, 3.05) is 13.1 Å². The van der Waals surface area contributed by atoms with E-state index in [4.69, 9.17) is 9.52 Å². The predicted octanol–water partition coefficient (Wildman–Crippen LogP) is 2.91. The first-order valence-electron chi connectivity index (χ1n) is 6.13. The molecule has 1 N–H and O–H groups in total. The molecule has 0 amide bonds. The van der Waals surface area contributed by atoms with Gasteiger partial charge in [-0.15, -0.1) is 0 Å². The van der Waals surface area contributed by atoms with Crippen molar-refractivity contribution in [2.24, 2.45) is 0 Å². The van der Waals surface area contributed by atoms with E-state index in [-0.39, 0.29) is 5.56 Å². The smallest absolute Gasteiger partial charge is 0.339 e. The third-order valence-electron chi connectivity index (χ3n) is 2.85. The number of furan rings is 1. The van der Waals surface area contributed by atoms with Crippen LogP contribution in [0, 0.1) is 6.92 Å². The summed E-state index contributed by atoms with van der Waals surface area (Å²) in [6.45, 7) is 8.61. The van der Waals surface area contributed by atoms with Gasteiger partial charge in [-0.2, -0.15) is 0 Å². The number of unbranched alkanes of at least 4 members (excludes halogenated alkanes) is 1. The lowest BCUT2D eigenvalue weighted by atomic mass is 10.2. The molecule has 96 valence electrons. The molecule has 0 radical (unpaired) electrons. The monoisotopic (exact) mass is 239 g/mol. The van der Waals surface area contributed by atoms with Gasteiger partial charge in [0.1, 0.15) is 17.1 Å². The second-order valence-electron chi connectivity index (χ2n) is 4.21. The summed E-state index contributed by atoms with van der Waals surface area (Å²) in [5.74, 6) is 0.297. The summed E-state index contributed by atoms with van der Waals surface area (Å²) in [5, 5.41) is 8.94. The lowest BCUT2D eigenvalue weighted by Gasteiger charge is -2.18. The van der Waals surface area contributed by atoms with Gasteiger partial charge in [-0.05, 0) is 32.5 Å². The molecule has 0 unspecified atom stereocenters. The van der Waals surface area contributed by atoms with E-state index < -0.39 is 5.97 Å². The second kappa shape index (κ2) is 6.45. The Kier molecular flexibility index (Phi) is 5.22. The molecule has 0 aliphatic carbocycles. The Morgan fingerprint density at radius 2 is 2.18 bits per heavy atom. The number of aromatic carboxylic acids is 1. The van der Waals surface area contributed by atoms with Crippen LogP contribution in [-0.2, 0) is 6.54 Å². The number of nitrogens with zero attached hydrogens (tertiary/aromatic N) is 1. The van der Waals surface area contributed by atoms with E-state index in [1.165, 1.54) is 0 Å². The fraction of sp³-hybridized carbons (Fsp3) is 0.615. The van der Waals surface area contributed by atoms with Crippen molar-refractivity contribution in [3.8, 4) is 0 Å². The molecule has 0 atom stereocenters. The van der Waals surface area contributed by atoms with Crippen molar-refractivity contribution in [3.63, 3.8) is 0 Å². The van der Waals surface area contributed by atoms with Crippen LogP contribution in [0.15, 0.2) is 10.5 Å². The van der Waals surface area contributed by atoms with Crippen molar-refractivity contribution in [1.82, 2.24) is 4.90 Å². The molecular formula is C13H21NO3. The van der Waals surface area contributed by atoms with E-state index in [9.17, 15) is 4.79 Å². The first kappa shape index (κ1) is 13.8. The fourth-order valence-electron chi connectivity index (χ4n) is 1.79. The average molecular weight is 239 g/mol. The topological polar surface area (TPSA) is 53.7 Å². The van der Waals surface area contributed by atoms with Crippen LogP contribution in [0.5, 0.6) is 0 Å². The lowest BCUT2D eigenvalue weighted by Crippen LogP contribution is -2.23. The number of aryl methyl sites for hydroxylation is 1. The normalized spacial score (nSPS) is 11.1. The van der Waals surface area contributed by atoms with E-state index in [1.807, 2.05) is 0 Å². The van der Waals surface area contributed by atoms with Gasteiger partial charge in [0, 0.05) is 0 Å². The second-order valence-corrected chi connectivity index (χ2v) is 4.21. The first-order valence-corrected chi connectivity index (χ1v) is 6.13. The zero-order valence-corrected chi connectivity index (χ0v) is 10.8. The van der Waals surface area contributed by atoms with E-state index in [1.54, 1.807) is 13.0 Å². The van der Waals surface area contributed by atoms with Crippen molar-refractivity contribution in [1.29, 1.82) is 0 Å². The Morgan fingerprint density at radius 1 is 1.47 bits per heavy atom. The Morgan fingerprint density at radius 3 is 2.65 bits per heavy atom. The number of rotatable bonds is 7. The SMILES string of the molecule is CCCCN(CC)Cc1cc(C(=O)O)c(C)o1. The highest BCUT2D eigenvalue weighted by Gasteiger charge is 2.15. The summed E-state index contributed by atoms with van der Waals surface area (Å²) in [5.41, 5.74) is 0.270. The maximum Gasteiger partial charge on any atom is 0.339 e. The number of carboxylic acids is 1. The highest BCUT2D eigenvalue weighted by Crippen LogP contribution is 2.16. The van der Waals surface area contributed by atoms with Gasteiger partial charge in [-0.1, -0.05) is 20.3 Å². The Labute approximate surface area is 102 Å². The minimum atomic E-state index is -0.922. The molecule has 1 heterocycles. The van der Waals surface area contributed by atoms with E-state index in [0.717, 1.165) is 31.7 Å². The largest absolute Gasteiger partial charge is 0.478 e. The summed E-state index contributed by atoms with van der Waals surface area (Å²) in [6, 6.07) is 1.63. The maximum absolute atomic E-state index is 10.9. The minimum absolute atomic E-state index is 0.270. The van der Waals surface area contributed by atoms with Gasteiger partial charge in [0.25, 0.3) is 0 Å². The molecular weight excluding hydrogens is 218 g/mol. The van der Waals surface area contributed by atoms with Crippen molar-refractivity contribution < 1.29 is 14.3 Å². The summed E-state index contributed by atoms with van der Waals surface area (Å²) < 4.78 is 5.47. The van der Waals surface area contributed by atoms with Gasteiger partial charge >= 0.3 is 5.97 Å². The number of hydrogen-bond acceptors (Lipinski definition) is 3. The van der Waals surface area contributed by atoms with E-state index >= 15 is 0 Å². The molecule has 0 bridgehead atoms. The number of hydrogen-bond donors (Lipinski definition) is 1. The van der Waals surface area contributed by atoms with Crippen LogP contribution < -0.4 is 0 Å². The van der Waals surface area contributed by atoms with Gasteiger partial charge in [-0.25, -0.2) is 4.79 Å². The molecule has 1 aromatic rings. The minimum Gasteiger partial charge on any atom is -0.478 e. The van der Waals surface area contributed by atoms with Gasteiger partial charge in [0.2, 0.25) is 0 Å². The van der Waals surface area contributed by atoms with Crippen molar-refractivity contribution >= 4 is 5.97 Å². The third kappa shape index (κ3) is 3.89. The van der Waals surface area contributed by atoms with Gasteiger partial charge < -0.3 is 9.52 Å². The summed E-state index contributed by atoms with van der Waals surface area (Å²) in [7, 11) is 0. The fourth-order valence-corrected chi connectivity index (χ4v) is 1.79. The van der Waals surface area contributed by atoms with Crippen LogP contribution in [0.25, 0.3) is 0 Å². The Hall–Kier alpha value is -1.29. The first-order chi connectivity index (χ1) is 8.08. The maximum atomic E-state index is 10.9. The van der Waals surface area contributed by atoms with Crippen LogP contribution in [0.4, 0.5) is 0 Å². The molecule has 0 aliphatic rings.